The average Bonchev–Trinajstić information content (AvgIpc) is 3.19. The Kier molecular flexibility index (Phi) is 32.3. The highest BCUT2D eigenvalue weighted by molar-refractivity contribution is 7.47. The van der Waals surface area contributed by atoms with Crippen LogP contribution in [0.3, 0.4) is 0 Å². The molecule has 1 aliphatic carbocycles. The summed E-state index contributed by atoms with van der Waals surface area (Å²) in [5.41, 5.74) is 0. The van der Waals surface area contributed by atoms with E-state index < -0.39 is 75.7 Å². The van der Waals surface area contributed by atoms with Crippen molar-refractivity contribution in [3.63, 3.8) is 0 Å². The van der Waals surface area contributed by atoms with Crippen molar-refractivity contribution in [1.82, 2.24) is 0 Å². The Labute approximate surface area is 343 Å². The van der Waals surface area contributed by atoms with E-state index in [9.17, 15) is 44.6 Å². The van der Waals surface area contributed by atoms with Crippen LogP contribution in [0.4, 0.5) is 0 Å². The molecule has 6 N–H and O–H groups in total. The van der Waals surface area contributed by atoms with Crippen LogP contribution in [-0.4, -0.2) is 98.3 Å². The zero-order valence-corrected chi connectivity index (χ0v) is 36.3. The second-order valence-corrected chi connectivity index (χ2v) is 17.3. The maximum Gasteiger partial charge on any atom is 0.472 e. The van der Waals surface area contributed by atoms with Crippen LogP contribution in [0.15, 0.2) is 12.2 Å². The Bertz CT molecular complexity index is 1060. The van der Waals surface area contributed by atoms with Gasteiger partial charge in [0, 0.05) is 12.8 Å². The van der Waals surface area contributed by atoms with Crippen molar-refractivity contribution in [2.45, 2.75) is 236 Å². The summed E-state index contributed by atoms with van der Waals surface area (Å²) in [5.74, 6) is -1.11. The molecule has 8 atom stereocenters. The van der Waals surface area contributed by atoms with E-state index in [0.29, 0.717) is 12.8 Å². The number of hydrogen-bond donors (Lipinski definition) is 6. The lowest BCUT2D eigenvalue weighted by molar-refractivity contribution is -0.220. The molecule has 0 radical (unpaired) electrons. The van der Waals surface area contributed by atoms with Gasteiger partial charge < -0.3 is 39.9 Å². The van der Waals surface area contributed by atoms with Gasteiger partial charge in [0.15, 0.2) is 6.10 Å². The van der Waals surface area contributed by atoms with Crippen molar-refractivity contribution < 1.29 is 63.1 Å². The van der Waals surface area contributed by atoms with E-state index in [2.05, 4.69) is 26.0 Å². The zero-order chi connectivity index (χ0) is 42.2. The van der Waals surface area contributed by atoms with Gasteiger partial charge in [0.1, 0.15) is 43.2 Å². The maximum absolute atomic E-state index is 12.8. The standard InChI is InChI=1S/C43H81O13P/c1-3-5-7-9-11-13-15-17-18-20-22-24-26-28-30-32-37(45)55-35(34-54-57(51,52)56-43-41(49)39(47)38(46)40(48)42(43)50)33-53-36(44)31-29-27-25-23-21-19-16-14-12-10-8-6-4-2/h20,22,35,38-43,46-50H,3-19,21,23-34H2,1-2H3,(H,51,52)/b22-20+/t35-,38?,39-,40?,41?,42?,43?/m1/s1. The summed E-state index contributed by atoms with van der Waals surface area (Å²) in [6, 6.07) is 0. The van der Waals surface area contributed by atoms with Gasteiger partial charge in [0.2, 0.25) is 0 Å². The first-order chi connectivity index (χ1) is 27.4. The number of phosphoric ester groups is 1. The van der Waals surface area contributed by atoms with Gasteiger partial charge in [-0.05, 0) is 38.5 Å². The number of hydrogen-bond acceptors (Lipinski definition) is 12. The fraction of sp³-hybridized carbons (Fsp3) is 0.907. The van der Waals surface area contributed by atoms with Crippen molar-refractivity contribution in [3.05, 3.63) is 12.2 Å². The van der Waals surface area contributed by atoms with Crippen molar-refractivity contribution >= 4 is 19.8 Å². The molecule has 0 bridgehead atoms. The minimum atomic E-state index is -5.11. The molecular formula is C43H81O13P. The van der Waals surface area contributed by atoms with Gasteiger partial charge in [0.25, 0.3) is 0 Å². The summed E-state index contributed by atoms with van der Waals surface area (Å²) in [4.78, 5) is 35.6. The van der Waals surface area contributed by atoms with Gasteiger partial charge >= 0.3 is 19.8 Å². The molecule has 0 aliphatic heterocycles. The van der Waals surface area contributed by atoms with Gasteiger partial charge in [-0.3, -0.25) is 18.6 Å². The fourth-order valence-electron chi connectivity index (χ4n) is 6.93. The fourth-order valence-corrected chi connectivity index (χ4v) is 7.90. The Hall–Kier alpha value is -1.41. The van der Waals surface area contributed by atoms with Crippen LogP contribution in [0, 0.1) is 0 Å². The monoisotopic (exact) mass is 837 g/mol. The molecule has 0 aromatic heterocycles. The number of ether oxygens (including phenoxy) is 2. The van der Waals surface area contributed by atoms with Crippen LogP contribution < -0.4 is 0 Å². The van der Waals surface area contributed by atoms with Crippen LogP contribution in [0.1, 0.15) is 194 Å². The summed E-state index contributed by atoms with van der Waals surface area (Å²) >= 11 is 0. The smallest absolute Gasteiger partial charge is 0.462 e. The van der Waals surface area contributed by atoms with Crippen LogP contribution in [-0.2, 0) is 32.7 Å². The summed E-state index contributed by atoms with van der Waals surface area (Å²) in [6.45, 7) is 3.28. The Morgan fingerprint density at radius 1 is 0.526 bits per heavy atom. The Morgan fingerprint density at radius 3 is 1.35 bits per heavy atom. The minimum absolute atomic E-state index is 0.0806. The van der Waals surface area contributed by atoms with Gasteiger partial charge in [-0.25, -0.2) is 4.57 Å². The normalized spacial score (nSPS) is 22.7. The third-order valence-corrected chi connectivity index (χ3v) is 11.6. The quantitative estimate of drug-likeness (QED) is 0.0151. The first-order valence-corrected chi connectivity index (χ1v) is 24.0. The van der Waals surface area contributed by atoms with E-state index in [1.165, 1.54) is 109 Å². The lowest BCUT2D eigenvalue weighted by Crippen LogP contribution is -2.64. The van der Waals surface area contributed by atoms with Gasteiger partial charge in [-0.2, -0.15) is 0 Å². The number of rotatable bonds is 37. The molecule has 6 unspecified atom stereocenters. The second kappa shape index (κ2) is 34.3. The van der Waals surface area contributed by atoms with Gasteiger partial charge in [0.05, 0.1) is 6.61 Å². The first-order valence-electron chi connectivity index (χ1n) is 22.5. The number of esters is 2. The molecule has 0 saturated heterocycles. The zero-order valence-electron chi connectivity index (χ0n) is 35.4. The number of allylic oxidation sites excluding steroid dienone is 2. The molecule has 14 heteroatoms. The van der Waals surface area contributed by atoms with E-state index in [0.717, 1.165) is 44.9 Å². The molecule has 1 fully saturated rings. The second-order valence-electron chi connectivity index (χ2n) is 15.9. The van der Waals surface area contributed by atoms with Crippen molar-refractivity contribution in [2.24, 2.45) is 0 Å². The predicted molar refractivity (Wildman–Crippen MR) is 221 cm³/mol. The lowest BCUT2D eigenvalue weighted by atomic mass is 9.85. The largest absolute Gasteiger partial charge is 0.472 e. The number of phosphoric acid groups is 1. The van der Waals surface area contributed by atoms with Crippen LogP contribution in [0.25, 0.3) is 0 Å². The van der Waals surface area contributed by atoms with Crippen molar-refractivity contribution in [2.75, 3.05) is 13.2 Å². The SMILES string of the molecule is CCCCCCCCCC/C=C/CCCCCC(=O)O[C@H](COC(=O)CCCCCCCCCCCCCCC)COP(=O)(O)OC1C(O)C(O)C(O)[C@@H](O)C1O. The van der Waals surface area contributed by atoms with Crippen LogP contribution >= 0.6 is 7.82 Å². The lowest BCUT2D eigenvalue weighted by Gasteiger charge is -2.41. The number of unbranched alkanes of at least 4 members (excludes halogenated alkanes) is 23. The molecule has 1 saturated carbocycles. The van der Waals surface area contributed by atoms with Crippen LogP contribution in [0.2, 0.25) is 0 Å². The Morgan fingerprint density at radius 2 is 0.895 bits per heavy atom. The van der Waals surface area contributed by atoms with E-state index in [-0.39, 0.29) is 12.8 Å². The summed E-state index contributed by atoms with van der Waals surface area (Å²) in [5, 5.41) is 50.1. The van der Waals surface area contributed by atoms with Gasteiger partial charge in [-0.15, -0.1) is 0 Å². The molecular weight excluding hydrogens is 755 g/mol. The molecule has 1 aliphatic rings. The number of carbonyl (C=O) groups is 2. The summed E-state index contributed by atoms with van der Waals surface area (Å²) in [6.07, 6.45) is 21.3. The predicted octanol–water partition coefficient (Wildman–Crippen LogP) is 8.28. The highest BCUT2D eigenvalue weighted by Crippen LogP contribution is 2.47. The molecule has 0 amide bonds. The average molecular weight is 837 g/mol. The van der Waals surface area contributed by atoms with E-state index in [1.54, 1.807) is 0 Å². The molecule has 336 valence electrons. The third-order valence-electron chi connectivity index (χ3n) is 10.6. The summed E-state index contributed by atoms with van der Waals surface area (Å²) < 4.78 is 33.5. The van der Waals surface area contributed by atoms with E-state index in [4.69, 9.17) is 18.5 Å². The number of aliphatic hydroxyl groups excluding tert-OH is 5. The first kappa shape index (κ1) is 53.6. The molecule has 0 aromatic carbocycles. The topological polar surface area (TPSA) is 210 Å². The molecule has 0 aromatic rings. The molecule has 13 nitrogen and oxygen atoms in total. The Balaban J connectivity index is 2.48. The van der Waals surface area contributed by atoms with E-state index in [1.807, 2.05) is 0 Å². The van der Waals surface area contributed by atoms with Crippen molar-refractivity contribution in [1.29, 1.82) is 0 Å². The highest BCUT2D eigenvalue weighted by atomic mass is 31.2. The molecule has 57 heavy (non-hydrogen) atoms. The maximum atomic E-state index is 12.8. The van der Waals surface area contributed by atoms with Crippen LogP contribution in [0.5, 0.6) is 0 Å². The van der Waals surface area contributed by atoms with E-state index >= 15 is 0 Å². The highest BCUT2D eigenvalue weighted by Gasteiger charge is 2.51. The molecule has 0 heterocycles. The van der Waals surface area contributed by atoms with Crippen molar-refractivity contribution in [3.8, 4) is 0 Å². The number of carbonyl (C=O) groups excluding carboxylic acids is 2. The molecule has 1 rings (SSSR count). The summed E-state index contributed by atoms with van der Waals surface area (Å²) in [7, 11) is -5.11. The van der Waals surface area contributed by atoms with Gasteiger partial charge in [-0.1, -0.05) is 154 Å². The third kappa shape index (κ3) is 27.1. The number of aliphatic hydroxyl groups is 5. The minimum Gasteiger partial charge on any atom is -0.462 e. The molecule has 0 spiro atoms.